The molecule has 5 aromatic heterocycles. The molecule has 0 fully saturated rings. The lowest BCUT2D eigenvalue weighted by Gasteiger charge is -2.14. The van der Waals surface area contributed by atoms with Gasteiger partial charge in [0.1, 0.15) is 16.9 Å². The van der Waals surface area contributed by atoms with Gasteiger partial charge in [0.05, 0.1) is 38.6 Å². The first-order chi connectivity index (χ1) is 24.3. The van der Waals surface area contributed by atoms with E-state index in [1.54, 1.807) is 0 Å². The van der Waals surface area contributed by atoms with Crippen LogP contribution in [-0.4, -0.2) is 18.9 Å². The van der Waals surface area contributed by atoms with E-state index in [-0.39, 0.29) is 0 Å². The molecule has 0 saturated carbocycles. The van der Waals surface area contributed by atoms with Crippen molar-refractivity contribution in [2.45, 2.75) is 0 Å². The lowest BCUT2D eigenvalue weighted by atomic mass is 9.99. The molecule has 0 atom stereocenters. The number of rotatable bonds is 2. The maximum atomic E-state index is 6.72. The fourth-order valence-electron chi connectivity index (χ4n) is 8.49. The Morgan fingerprint density at radius 3 is 2.00 bits per heavy atom. The number of benzene rings is 7. The van der Waals surface area contributed by atoms with Gasteiger partial charge in [0.15, 0.2) is 5.82 Å². The predicted octanol–water partition coefficient (Wildman–Crippen LogP) is 11.4. The van der Waals surface area contributed by atoms with Crippen LogP contribution in [0.3, 0.4) is 0 Å². The van der Waals surface area contributed by atoms with Crippen LogP contribution in [0, 0.1) is 0 Å². The Morgan fingerprint density at radius 2 is 1.10 bits per heavy atom. The van der Waals surface area contributed by atoms with Crippen molar-refractivity contribution in [2.24, 2.45) is 0 Å². The average Bonchev–Trinajstić information content (AvgIpc) is 3.78. The Labute approximate surface area is 278 Å². The van der Waals surface area contributed by atoms with E-state index in [2.05, 4.69) is 118 Å². The third-order valence-electron chi connectivity index (χ3n) is 10.4. The molecule has 0 amide bonds. The Morgan fingerprint density at radius 1 is 0.429 bits per heavy atom. The number of furan rings is 1. The maximum Gasteiger partial charge on any atom is 0.165 e. The van der Waals surface area contributed by atoms with Crippen LogP contribution in [0.2, 0.25) is 0 Å². The van der Waals surface area contributed by atoms with E-state index in [0.717, 1.165) is 66.6 Å². The van der Waals surface area contributed by atoms with E-state index in [0.29, 0.717) is 0 Å². The van der Waals surface area contributed by atoms with Gasteiger partial charge >= 0.3 is 0 Å². The van der Waals surface area contributed by atoms with Gasteiger partial charge in [-0.2, -0.15) is 0 Å². The van der Waals surface area contributed by atoms with E-state index in [9.17, 15) is 0 Å². The van der Waals surface area contributed by atoms with Crippen molar-refractivity contribution in [1.82, 2.24) is 18.9 Å². The molecule has 5 heteroatoms. The Hall–Kier alpha value is -6.72. The molecule has 0 saturated heterocycles. The number of hydrogen-bond acceptors (Lipinski definition) is 3. The molecule has 0 N–H and O–H groups in total. The second-order valence-corrected chi connectivity index (χ2v) is 12.9. The van der Waals surface area contributed by atoms with Crippen molar-refractivity contribution in [3.8, 4) is 17.1 Å². The van der Waals surface area contributed by atoms with Gasteiger partial charge in [0, 0.05) is 54.7 Å². The smallest absolute Gasteiger partial charge is 0.165 e. The molecule has 7 aromatic carbocycles. The van der Waals surface area contributed by atoms with Crippen LogP contribution < -0.4 is 0 Å². The summed E-state index contributed by atoms with van der Waals surface area (Å²) < 4.78 is 11.5. The summed E-state index contributed by atoms with van der Waals surface area (Å²) in [7, 11) is 0. The van der Waals surface area contributed by atoms with Gasteiger partial charge in [-0.3, -0.25) is 4.57 Å². The molecule has 5 nitrogen and oxygen atoms in total. The third kappa shape index (κ3) is 3.15. The highest BCUT2D eigenvalue weighted by molar-refractivity contribution is 6.39. The molecule has 12 rings (SSSR count). The van der Waals surface area contributed by atoms with Gasteiger partial charge in [-0.15, -0.1) is 0 Å². The Balaban J connectivity index is 1.42. The SMILES string of the molecule is c1ccc(-c2nc3ccccc3nc2-n2c3cc4oc5ccccc5c4c4c5cccc6c7ccccc7n(c7cccc2c7c43)c65)cc1. The maximum absolute atomic E-state index is 6.72. The second kappa shape index (κ2) is 9.00. The van der Waals surface area contributed by atoms with Crippen LogP contribution in [0.5, 0.6) is 0 Å². The molecule has 0 aliphatic carbocycles. The first-order valence-corrected chi connectivity index (χ1v) is 16.6. The highest BCUT2D eigenvalue weighted by atomic mass is 16.3. The molecule has 12 aromatic rings. The standard InChI is InChI=1S/C44H24N4O/c1-2-12-25(13-3-1)42-44(46-31-19-7-6-18-30(31)45-42)48-34-22-11-21-33-40(34)41-35(48)24-37-38(28-15-5-9-23-36(28)49-37)39(41)29-17-10-16-27-26-14-4-8-20-32(26)47(33)43(27)29/h1-24H. The summed E-state index contributed by atoms with van der Waals surface area (Å²) in [5.74, 6) is 0.792. The van der Waals surface area contributed by atoms with Crippen LogP contribution in [0.15, 0.2) is 150 Å². The fourth-order valence-corrected chi connectivity index (χ4v) is 8.49. The summed E-state index contributed by atoms with van der Waals surface area (Å²) in [5.41, 5.74) is 11.0. The van der Waals surface area contributed by atoms with Crippen LogP contribution in [0.1, 0.15) is 0 Å². The molecule has 49 heavy (non-hydrogen) atoms. The zero-order valence-electron chi connectivity index (χ0n) is 26.1. The van der Waals surface area contributed by atoms with Gasteiger partial charge in [0.2, 0.25) is 0 Å². The zero-order chi connectivity index (χ0) is 31.8. The molecule has 0 aliphatic rings. The van der Waals surface area contributed by atoms with Crippen molar-refractivity contribution >= 4 is 92.9 Å². The zero-order valence-corrected chi connectivity index (χ0v) is 26.1. The topological polar surface area (TPSA) is 48.3 Å². The van der Waals surface area contributed by atoms with Crippen LogP contribution in [-0.2, 0) is 0 Å². The van der Waals surface area contributed by atoms with Gasteiger partial charge in [-0.25, -0.2) is 9.97 Å². The van der Waals surface area contributed by atoms with Crippen LogP contribution in [0.25, 0.3) is 110 Å². The van der Waals surface area contributed by atoms with Crippen molar-refractivity contribution < 1.29 is 4.42 Å². The Kier molecular flexibility index (Phi) is 4.66. The minimum Gasteiger partial charge on any atom is -0.456 e. The third-order valence-corrected chi connectivity index (χ3v) is 10.4. The van der Waals surface area contributed by atoms with Gasteiger partial charge in [-0.1, -0.05) is 103 Å². The molecule has 5 heterocycles. The average molecular weight is 625 g/mol. The first kappa shape index (κ1) is 25.4. The number of fused-ring (bicyclic) bond motifs is 10. The van der Waals surface area contributed by atoms with Crippen LogP contribution in [0.4, 0.5) is 0 Å². The Bertz CT molecular complexity index is 3330. The van der Waals surface area contributed by atoms with Gasteiger partial charge < -0.3 is 8.82 Å². The number of aromatic nitrogens is 4. The summed E-state index contributed by atoms with van der Waals surface area (Å²) in [6, 6.07) is 51.4. The molecular weight excluding hydrogens is 601 g/mol. The van der Waals surface area contributed by atoms with Gasteiger partial charge in [-0.05, 0) is 36.4 Å². The highest BCUT2D eigenvalue weighted by Crippen LogP contribution is 2.48. The molecular formula is C44H24N4O. The number of para-hydroxylation sites is 5. The first-order valence-electron chi connectivity index (χ1n) is 16.6. The quantitative estimate of drug-likeness (QED) is 0.192. The normalized spacial score (nSPS) is 12.5. The molecule has 0 bridgehead atoms. The molecule has 0 aliphatic heterocycles. The van der Waals surface area contributed by atoms with Crippen molar-refractivity contribution in [3.05, 3.63) is 146 Å². The van der Waals surface area contributed by atoms with Crippen LogP contribution >= 0.6 is 0 Å². The lowest BCUT2D eigenvalue weighted by Crippen LogP contribution is -2.03. The minimum absolute atomic E-state index is 0.792. The summed E-state index contributed by atoms with van der Waals surface area (Å²) in [5, 5.41) is 9.50. The number of nitrogens with zero attached hydrogens (tertiary/aromatic N) is 4. The summed E-state index contributed by atoms with van der Waals surface area (Å²) in [6.45, 7) is 0. The number of hydrogen-bond donors (Lipinski definition) is 0. The molecule has 0 spiro atoms. The van der Waals surface area contributed by atoms with Crippen molar-refractivity contribution in [2.75, 3.05) is 0 Å². The largest absolute Gasteiger partial charge is 0.456 e. The molecule has 0 radical (unpaired) electrons. The van der Waals surface area contributed by atoms with Crippen molar-refractivity contribution in [1.29, 1.82) is 0 Å². The second-order valence-electron chi connectivity index (χ2n) is 12.9. The predicted molar refractivity (Wildman–Crippen MR) is 201 cm³/mol. The molecule has 226 valence electrons. The van der Waals surface area contributed by atoms with Gasteiger partial charge in [0.25, 0.3) is 0 Å². The van der Waals surface area contributed by atoms with E-state index in [1.807, 2.05) is 36.4 Å². The van der Waals surface area contributed by atoms with E-state index in [1.165, 1.54) is 43.4 Å². The summed E-state index contributed by atoms with van der Waals surface area (Å²) in [6.07, 6.45) is 0. The lowest BCUT2D eigenvalue weighted by molar-refractivity contribution is 0.669. The minimum atomic E-state index is 0.792. The summed E-state index contributed by atoms with van der Waals surface area (Å²) >= 11 is 0. The van der Waals surface area contributed by atoms with E-state index < -0.39 is 0 Å². The van der Waals surface area contributed by atoms with E-state index >= 15 is 0 Å². The van der Waals surface area contributed by atoms with Crippen molar-refractivity contribution in [3.63, 3.8) is 0 Å². The van der Waals surface area contributed by atoms with E-state index in [4.69, 9.17) is 14.4 Å². The fraction of sp³-hybridized carbons (Fsp3) is 0. The monoisotopic (exact) mass is 624 g/mol. The summed E-state index contributed by atoms with van der Waals surface area (Å²) in [4.78, 5) is 10.7. The highest BCUT2D eigenvalue weighted by Gasteiger charge is 2.27. The molecule has 0 unspecified atom stereocenters.